The van der Waals surface area contributed by atoms with Gasteiger partial charge in [-0.1, -0.05) is 6.07 Å². The Balaban J connectivity index is 2.21. The zero-order chi connectivity index (χ0) is 16.4. The summed E-state index contributed by atoms with van der Waals surface area (Å²) in [6, 6.07) is 14.7. The Hall–Kier alpha value is -2.53. The van der Waals surface area contributed by atoms with Crippen molar-refractivity contribution in [2.75, 3.05) is 13.4 Å². The fraction of sp³-hybridized carbons (Fsp3) is 0.111. The van der Waals surface area contributed by atoms with E-state index in [2.05, 4.69) is 4.98 Å². The lowest BCUT2D eigenvalue weighted by molar-refractivity contribution is 0.0699. The highest BCUT2D eigenvalue weighted by atomic mass is 32.2. The SMILES string of the molecule is COc1ccc(-c2cc(C(=O)O)c3ccc(SC)cc3n2)cc1. The van der Waals surface area contributed by atoms with Gasteiger partial charge in [0.2, 0.25) is 0 Å². The standard InChI is InChI=1S/C18H15NO3S/c1-22-12-5-3-11(4-6-12)16-10-15(18(20)21)14-8-7-13(23-2)9-17(14)19-16/h3-10H,1-2H3,(H,20,21). The zero-order valence-corrected chi connectivity index (χ0v) is 13.6. The first-order chi connectivity index (χ1) is 11.1. The molecule has 5 heteroatoms. The van der Waals surface area contributed by atoms with Crippen molar-refractivity contribution in [2.45, 2.75) is 4.90 Å². The molecule has 0 atom stereocenters. The van der Waals surface area contributed by atoms with Gasteiger partial charge in [0.25, 0.3) is 0 Å². The van der Waals surface area contributed by atoms with Crippen molar-refractivity contribution in [1.29, 1.82) is 0 Å². The number of nitrogens with zero attached hydrogens (tertiary/aromatic N) is 1. The van der Waals surface area contributed by atoms with Gasteiger partial charge in [0, 0.05) is 15.8 Å². The van der Waals surface area contributed by atoms with Crippen LogP contribution in [0.2, 0.25) is 0 Å². The molecule has 0 saturated heterocycles. The summed E-state index contributed by atoms with van der Waals surface area (Å²) in [6.45, 7) is 0. The fourth-order valence-electron chi connectivity index (χ4n) is 2.42. The summed E-state index contributed by atoms with van der Waals surface area (Å²) in [5.41, 5.74) is 2.43. The number of thioether (sulfide) groups is 1. The molecule has 1 heterocycles. The predicted octanol–water partition coefficient (Wildman–Crippen LogP) is 4.33. The van der Waals surface area contributed by atoms with E-state index in [0.717, 1.165) is 16.2 Å². The Morgan fingerprint density at radius 1 is 1.13 bits per heavy atom. The van der Waals surface area contributed by atoms with Crippen molar-refractivity contribution in [3.63, 3.8) is 0 Å². The molecule has 0 aliphatic rings. The van der Waals surface area contributed by atoms with Crippen molar-refractivity contribution < 1.29 is 14.6 Å². The summed E-state index contributed by atoms with van der Waals surface area (Å²) in [5.74, 6) is -0.207. The van der Waals surface area contributed by atoms with Gasteiger partial charge < -0.3 is 9.84 Å². The van der Waals surface area contributed by atoms with Crippen molar-refractivity contribution in [3.05, 3.63) is 54.1 Å². The average Bonchev–Trinajstić information content (AvgIpc) is 2.60. The maximum absolute atomic E-state index is 11.6. The highest BCUT2D eigenvalue weighted by Crippen LogP contribution is 2.28. The number of carboxylic acids is 1. The van der Waals surface area contributed by atoms with Gasteiger partial charge in [-0.15, -0.1) is 11.8 Å². The van der Waals surface area contributed by atoms with Crippen LogP contribution in [0.15, 0.2) is 53.4 Å². The molecule has 0 radical (unpaired) electrons. The summed E-state index contributed by atoms with van der Waals surface area (Å²) in [5, 5.41) is 10.2. The first kappa shape index (κ1) is 15.4. The Morgan fingerprint density at radius 2 is 1.87 bits per heavy atom. The smallest absolute Gasteiger partial charge is 0.336 e. The van der Waals surface area contributed by atoms with E-state index in [1.54, 1.807) is 24.9 Å². The normalized spacial score (nSPS) is 10.7. The lowest BCUT2D eigenvalue weighted by Crippen LogP contribution is -2.00. The number of ether oxygens (including phenoxy) is 1. The Bertz CT molecular complexity index is 875. The predicted molar refractivity (Wildman–Crippen MR) is 92.5 cm³/mol. The molecule has 0 aliphatic carbocycles. The molecular formula is C18H15NO3S. The van der Waals surface area contributed by atoms with Crippen molar-refractivity contribution >= 4 is 28.6 Å². The van der Waals surface area contributed by atoms with Gasteiger partial charge in [0.05, 0.1) is 23.9 Å². The van der Waals surface area contributed by atoms with Crippen LogP contribution in [0.1, 0.15) is 10.4 Å². The average molecular weight is 325 g/mol. The number of carboxylic acid groups (broad SMARTS) is 1. The first-order valence-corrected chi connectivity index (χ1v) is 8.21. The minimum atomic E-state index is -0.955. The zero-order valence-electron chi connectivity index (χ0n) is 12.7. The van der Waals surface area contributed by atoms with E-state index in [0.29, 0.717) is 16.6 Å². The molecule has 0 aliphatic heterocycles. The molecule has 23 heavy (non-hydrogen) atoms. The quantitative estimate of drug-likeness (QED) is 0.723. The van der Waals surface area contributed by atoms with Gasteiger partial charge in [0.1, 0.15) is 5.75 Å². The van der Waals surface area contributed by atoms with Crippen LogP contribution in [0.3, 0.4) is 0 Å². The molecular weight excluding hydrogens is 310 g/mol. The van der Waals surface area contributed by atoms with Crippen LogP contribution in [0, 0.1) is 0 Å². The molecule has 0 bridgehead atoms. The number of rotatable bonds is 4. The van der Waals surface area contributed by atoms with Crippen molar-refractivity contribution in [2.24, 2.45) is 0 Å². The topological polar surface area (TPSA) is 59.4 Å². The van der Waals surface area contributed by atoms with Crippen LogP contribution in [0.5, 0.6) is 5.75 Å². The van der Waals surface area contributed by atoms with Gasteiger partial charge in [-0.3, -0.25) is 0 Å². The summed E-state index contributed by atoms with van der Waals surface area (Å²) in [4.78, 5) is 17.3. The first-order valence-electron chi connectivity index (χ1n) is 6.99. The molecule has 3 aromatic rings. The van der Waals surface area contributed by atoms with Gasteiger partial charge in [-0.2, -0.15) is 0 Å². The monoisotopic (exact) mass is 325 g/mol. The molecule has 0 unspecified atom stereocenters. The number of hydrogen-bond acceptors (Lipinski definition) is 4. The van der Waals surface area contributed by atoms with E-state index in [1.165, 1.54) is 0 Å². The van der Waals surface area contributed by atoms with E-state index >= 15 is 0 Å². The fourth-order valence-corrected chi connectivity index (χ4v) is 2.86. The number of fused-ring (bicyclic) bond motifs is 1. The third kappa shape index (κ3) is 3.00. The van der Waals surface area contributed by atoms with Crippen LogP contribution in [0.4, 0.5) is 0 Å². The molecule has 4 nitrogen and oxygen atoms in total. The molecule has 1 aromatic heterocycles. The second-order valence-electron chi connectivity index (χ2n) is 4.97. The molecule has 2 aromatic carbocycles. The van der Waals surface area contributed by atoms with Gasteiger partial charge in [-0.25, -0.2) is 9.78 Å². The van der Waals surface area contributed by atoms with Crippen LogP contribution < -0.4 is 4.74 Å². The Morgan fingerprint density at radius 3 is 2.48 bits per heavy atom. The van der Waals surface area contributed by atoms with E-state index < -0.39 is 5.97 Å². The molecule has 3 rings (SSSR count). The summed E-state index contributed by atoms with van der Waals surface area (Å²) >= 11 is 1.60. The molecule has 116 valence electrons. The molecule has 0 amide bonds. The number of methoxy groups -OCH3 is 1. The van der Waals surface area contributed by atoms with E-state index in [1.807, 2.05) is 48.7 Å². The lowest BCUT2D eigenvalue weighted by Gasteiger charge is -2.09. The van der Waals surface area contributed by atoms with Crippen LogP contribution >= 0.6 is 11.8 Å². The maximum atomic E-state index is 11.6. The highest BCUT2D eigenvalue weighted by molar-refractivity contribution is 7.98. The van der Waals surface area contributed by atoms with E-state index in [9.17, 15) is 9.90 Å². The number of aromatic carboxylic acids is 1. The number of carbonyl (C=O) groups is 1. The minimum absolute atomic E-state index is 0.258. The lowest BCUT2D eigenvalue weighted by atomic mass is 10.0. The number of benzene rings is 2. The number of pyridine rings is 1. The van der Waals surface area contributed by atoms with Crippen LogP contribution in [-0.4, -0.2) is 29.4 Å². The third-order valence-electron chi connectivity index (χ3n) is 3.63. The summed E-state index contributed by atoms with van der Waals surface area (Å²) in [7, 11) is 1.61. The summed E-state index contributed by atoms with van der Waals surface area (Å²) < 4.78 is 5.15. The summed E-state index contributed by atoms with van der Waals surface area (Å²) in [6.07, 6.45) is 1.98. The number of hydrogen-bond donors (Lipinski definition) is 1. The second kappa shape index (κ2) is 6.30. The molecule has 0 saturated carbocycles. The largest absolute Gasteiger partial charge is 0.497 e. The molecule has 0 fully saturated rings. The van der Waals surface area contributed by atoms with Gasteiger partial charge in [-0.05, 0) is 48.7 Å². The second-order valence-corrected chi connectivity index (χ2v) is 5.85. The molecule has 1 N–H and O–H groups in total. The van der Waals surface area contributed by atoms with E-state index in [-0.39, 0.29) is 5.56 Å². The Kier molecular flexibility index (Phi) is 4.21. The highest BCUT2D eigenvalue weighted by Gasteiger charge is 2.13. The number of aromatic nitrogens is 1. The van der Waals surface area contributed by atoms with Crippen LogP contribution in [-0.2, 0) is 0 Å². The minimum Gasteiger partial charge on any atom is -0.497 e. The van der Waals surface area contributed by atoms with Crippen molar-refractivity contribution in [1.82, 2.24) is 4.98 Å². The van der Waals surface area contributed by atoms with Gasteiger partial charge >= 0.3 is 5.97 Å². The van der Waals surface area contributed by atoms with Crippen molar-refractivity contribution in [3.8, 4) is 17.0 Å². The maximum Gasteiger partial charge on any atom is 0.336 e. The molecule has 0 spiro atoms. The van der Waals surface area contributed by atoms with Crippen LogP contribution in [0.25, 0.3) is 22.2 Å². The van der Waals surface area contributed by atoms with Gasteiger partial charge in [0.15, 0.2) is 0 Å². The third-order valence-corrected chi connectivity index (χ3v) is 4.36. The Labute approximate surface area is 138 Å². The van der Waals surface area contributed by atoms with E-state index in [4.69, 9.17) is 4.74 Å².